The van der Waals surface area contributed by atoms with Crippen LogP contribution in [0.15, 0.2) is 57.7 Å². The summed E-state index contributed by atoms with van der Waals surface area (Å²) in [5.74, 6) is -0.434. The van der Waals surface area contributed by atoms with Gasteiger partial charge in [0.05, 0.1) is 11.4 Å². The highest BCUT2D eigenvalue weighted by atomic mass is 35.5. The smallest absolute Gasteiger partial charge is 0.287 e. The molecule has 0 unspecified atom stereocenters. The van der Waals surface area contributed by atoms with Crippen molar-refractivity contribution in [3.63, 3.8) is 0 Å². The number of aryl methyl sites for hydroxylation is 1. The van der Waals surface area contributed by atoms with Crippen molar-refractivity contribution in [3.05, 3.63) is 80.7 Å². The van der Waals surface area contributed by atoms with E-state index in [1.165, 1.54) is 6.07 Å². The fourth-order valence-corrected chi connectivity index (χ4v) is 3.39. The van der Waals surface area contributed by atoms with Gasteiger partial charge in [-0.3, -0.25) is 9.59 Å². The molecule has 5 nitrogen and oxygen atoms in total. The van der Waals surface area contributed by atoms with Crippen LogP contribution >= 0.6 is 11.6 Å². The zero-order valence-electron chi connectivity index (χ0n) is 16.2. The van der Waals surface area contributed by atoms with Gasteiger partial charge >= 0.3 is 0 Å². The molecule has 0 aliphatic rings. The number of amides is 1. The maximum atomic E-state index is 12.6. The zero-order chi connectivity index (χ0) is 20.3. The van der Waals surface area contributed by atoms with Crippen LogP contribution in [0.5, 0.6) is 0 Å². The lowest BCUT2D eigenvalue weighted by molar-refractivity contribution is 0.0914. The predicted octanol–water partition coefficient (Wildman–Crippen LogP) is 4.04. The van der Waals surface area contributed by atoms with Crippen molar-refractivity contribution in [2.24, 2.45) is 0 Å². The Morgan fingerprint density at radius 1 is 1.18 bits per heavy atom. The van der Waals surface area contributed by atoms with E-state index in [4.69, 9.17) is 16.0 Å². The molecule has 1 amide bonds. The molecule has 1 N–H and O–H groups in total. The van der Waals surface area contributed by atoms with Gasteiger partial charge in [0.15, 0.2) is 11.2 Å². The lowest BCUT2D eigenvalue weighted by Gasteiger charge is -2.25. The molecule has 0 bridgehead atoms. The van der Waals surface area contributed by atoms with E-state index >= 15 is 0 Å². The Labute approximate surface area is 168 Å². The van der Waals surface area contributed by atoms with E-state index in [0.717, 1.165) is 17.5 Å². The summed E-state index contributed by atoms with van der Waals surface area (Å²) >= 11 is 6.31. The monoisotopic (exact) mass is 398 g/mol. The SMILES string of the molecule is CCc1ccc2oc(C(=O)NC[C@@H](c3ccccc3Cl)N(C)C)cc(=O)c2c1. The first kappa shape index (κ1) is 20.1. The molecule has 3 aromatic rings. The summed E-state index contributed by atoms with van der Waals surface area (Å²) in [6.07, 6.45) is 0.825. The number of nitrogens with one attached hydrogen (secondary N) is 1. The summed E-state index contributed by atoms with van der Waals surface area (Å²) in [7, 11) is 3.84. The topological polar surface area (TPSA) is 62.6 Å². The molecule has 0 saturated heterocycles. The van der Waals surface area contributed by atoms with E-state index in [2.05, 4.69) is 5.32 Å². The van der Waals surface area contributed by atoms with Crippen molar-refractivity contribution < 1.29 is 9.21 Å². The van der Waals surface area contributed by atoms with Crippen LogP contribution in [0.2, 0.25) is 5.02 Å². The van der Waals surface area contributed by atoms with Gasteiger partial charge in [-0.05, 0) is 49.8 Å². The summed E-state index contributed by atoms with van der Waals surface area (Å²) in [6, 6.07) is 14.1. The molecular weight excluding hydrogens is 376 g/mol. The minimum atomic E-state index is -0.433. The standard InChI is InChI=1S/C22H23ClN2O3/c1-4-14-9-10-20-16(11-14)19(26)12-21(28-20)22(27)24-13-18(25(2)3)15-7-5-6-8-17(15)23/h5-12,18H,4,13H2,1-3H3,(H,24,27)/t18-/m0/s1. The molecule has 6 heteroatoms. The molecule has 2 aromatic carbocycles. The van der Waals surface area contributed by atoms with Crippen molar-refractivity contribution in [2.45, 2.75) is 19.4 Å². The molecule has 1 heterocycles. The zero-order valence-corrected chi connectivity index (χ0v) is 16.9. The number of benzene rings is 2. The minimum Gasteiger partial charge on any atom is -0.451 e. The second-order valence-electron chi connectivity index (χ2n) is 6.87. The lowest BCUT2D eigenvalue weighted by atomic mass is 10.1. The average molecular weight is 399 g/mol. The first-order valence-corrected chi connectivity index (χ1v) is 9.54. The van der Waals surface area contributed by atoms with Gasteiger partial charge in [-0.2, -0.15) is 0 Å². The summed E-state index contributed by atoms with van der Waals surface area (Å²) < 4.78 is 5.67. The van der Waals surface area contributed by atoms with Crippen LogP contribution in [0.1, 0.15) is 34.6 Å². The van der Waals surface area contributed by atoms with Crippen LogP contribution in [0, 0.1) is 0 Å². The molecule has 0 aliphatic heterocycles. The second-order valence-corrected chi connectivity index (χ2v) is 7.28. The maximum absolute atomic E-state index is 12.6. The number of nitrogens with zero attached hydrogens (tertiary/aromatic N) is 1. The van der Waals surface area contributed by atoms with Crippen molar-refractivity contribution in [1.82, 2.24) is 10.2 Å². The van der Waals surface area contributed by atoms with E-state index in [1.54, 1.807) is 6.07 Å². The van der Waals surface area contributed by atoms with Crippen LogP contribution in [0.3, 0.4) is 0 Å². The molecule has 0 fully saturated rings. The normalized spacial score (nSPS) is 12.3. The van der Waals surface area contributed by atoms with Crippen molar-refractivity contribution in [2.75, 3.05) is 20.6 Å². The number of likely N-dealkylation sites (N-methyl/N-ethyl adjacent to an activating group) is 1. The van der Waals surface area contributed by atoms with E-state index in [-0.39, 0.29) is 17.2 Å². The summed E-state index contributed by atoms with van der Waals surface area (Å²) in [4.78, 5) is 27.0. The average Bonchev–Trinajstić information content (AvgIpc) is 2.68. The van der Waals surface area contributed by atoms with Gasteiger partial charge < -0.3 is 14.6 Å². The minimum absolute atomic E-state index is 0.00147. The Kier molecular flexibility index (Phi) is 6.17. The fraction of sp³-hybridized carbons (Fsp3) is 0.273. The summed E-state index contributed by atoms with van der Waals surface area (Å²) in [5, 5.41) is 3.97. The fourth-order valence-electron chi connectivity index (χ4n) is 3.13. The Morgan fingerprint density at radius 2 is 1.93 bits per heavy atom. The van der Waals surface area contributed by atoms with Gasteiger partial charge in [0, 0.05) is 17.6 Å². The van der Waals surface area contributed by atoms with Crippen LogP contribution < -0.4 is 10.7 Å². The van der Waals surface area contributed by atoms with Crippen LogP contribution in [-0.2, 0) is 6.42 Å². The van der Waals surface area contributed by atoms with Gasteiger partial charge in [-0.25, -0.2) is 0 Å². The first-order chi connectivity index (χ1) is 13.4. The summed E-state index contributed by atoms with van der Waals surface area (Å²) in [5.41, 5.74) is 2.15. The highest BCUT2D eigenvalue weighted by Crippen LogP contribution is 2.25. The summed E-state index contributed by atoms with van der Waals surface area (Å²) in [6.45, 7) is 2.34. The Morgan fingerprint density at radius 3 is 2.61 bits per heavy atom. The quantitative estimate of drug-likeness (QED) is 0.680. The number of hydrogen-bond acceptors (Lipinski definition) is 4. The highest BCUT2D eigenvalue weighted by Gasteiger charge is 2.19. The second kappa shape index (κ2) is 8.59. The van der Waals surface area contributed by atoms with E-state index < -0.39 is 5.91 Å². The van der Waals surface area contributed by atoms with Gasteiger partial charge in [-0.15, -0.1) is 0 Å². The molecule has 0 radical (unpaired) electrons. The lowest BCUT2D eigenvalue weighted by Crippen LogP contribution is -2.35. The highest BCUT2D eigenvalue weighted by molar-refractivity contribution is 6.31. The first-order valence-electron chi connectivity index (χ1n) is 9.16. The maximum Gasteiger partial charge on any atom is 0.287 e. The van der Waals surface area contributed by atoms with Gasteiger partial charge in [-0.1, -0.05) is 42.8 Å². The van der Waals surface area contributed by atoms with Gasteiger partial charge in [0.1, 0.15) is 5.58 Å². The van der Waals surface area contributed by atoms with Crippen LogP contribution in [0.25, 0.3) is 11.0 Å². The molecule has 0 saturated carbocycles. The van der Waals surface area contributed by atoms with Crippen molar-refractivity contribution >= 4 is 28.5 Å². The molecule has 1 atom stereocenters. The molecule has 0 spiro atoms. The van der Waals surface area contributed by atoms with Gasteiger partial charge in [0.25, 0.3) is 5.91 Å². The number of carbonyl (C=O) groups excluding carboxylic acids is 1. The Balaban J connectivity index is 1.82. The van der Waals surface area contributed by atoms with Crippen molar-refractivity contribution in [3.8, 4) is 0 Å². The third-order valence-corrected chi connectivity index (χ3v) is 5.11. The van der Waals surface area contributed by atoms with E-state index in [9.17, 15) is 9.59 Å². The van der Waals surface area contributed by atoms with Crippen LogP contribution in [0.4, 0.5) is 0 Å². The van der Waals surface area contributed by atoms with E-state index in [1.807, 2.05) is 62.3 Å². The van der Waals surface area contributed by atoms with E-state index in [0.29, 0.717) is 22.5 Å². The predicted molar refractivity (Wildman–Crippen MR) is 112 cm³/mol. The Bertz CT molecular complexity index is 1060. The molecule has 146 valence electrons. The van der Waals surface area contributed by atoms with Crippen molar-refractivity contribution in [1.29, 1.82) is 0 Å². The third kappa shape index (κ3) is 4.26. The number of halogens is 1. The number of hydrogen-bond donors (Lipinski definition) is 1. The number of carbonyl (C=O) groups is 1. The molecule has 3 rings (SSSR count). The largest absolute Gasteiger partial charge is 0.451 e. The molecule has 0 aliphatic carbocycles. The van der Waals surface area contributed by atoms with Gasteiger partial charge in [0.2, 0.25) is 0 Å². The molecule has 1 aromatic heterocycles. The molecular formula is C22H23ClN2O3. The number of rotatable bonds is 6. The third-order valence-electron chi connectivity index (χ3n) is 4.77. The van der Waals surface area contributed by atoms with Crippen LogP contribution in [-0.4, -0.2) is 31.4 Å². The number of fused-ring (bicyclic) bond motifs is 1. The molecule has 28 heavy (non-hydrogen) atoms. The Hall–Kier alpha value is -2.63.